The summed E-state index contributed by atoms with van der Waals surface area (Å²) in [5, 5.41) is 0.449. The zero-order chi connectivity index (χ0) is 19.4. The van der Waals surface area contributed by atoms with Crippen molar-refractivity contribution in [3.8, 4) is 0 Å². The average molecular weight is 406 g/mol. The molecule has 0 unspecified atom stereocenters. The van der Waals surface area contributed by atoms with Gasteiger partial charge in [-0.05, 0) is 24.6 Å². The Bertz CT molecular complexity index is 1120. The number of benzene rings is 1. The highest BCUT2D eigenvalue weighted by atomic mass is 32.2. The minimum atomic E-state index is -3.68. The molecule has 0 atom stereocenters. The van der Waals surface area contributed by atoms with Gasteiger partial charge < -0.3 is 0 Å². The van der Waals surface area contributed by atoms with Gasteiger partial charge >= 0.3 is 0 Å². The molecule has 0 fully saturated rings. The van der Waals surface area contributed by atoms with Gasteiger partial charge in [-0.3, -0.25) is 15.0 Å². The maximum absolute atomic E-state index is 12.4. The molecule has 8 nitrogen and oxygen atoms in total. The van der Waals surface area contributed by atoms with Gasteiger partial charge in [0.25, 0.3) is 5.56 Å². The number of nitrogens with one attached hydrogen (secondary N) is 2. The van der Waals surface area contributed by atoms with Gasteiger partial charge in [0.05, 0.1) is 10.3 Å². The molecule has 0 radical (unpaired) electrons. The smallest absolute Gasteiger partial charge is 0.273 e. The minimum Gasteiger partial charge on any atom is -0.273 e. The summed E-state index contributed by atoms with van der Waals surface area (Å²) in [6.07, 6.45) is 1.93. The van der Waals surface area contributed by atoms with Crippen LogP contribution in [-0.2, 0) is 21.2 Å². The first-order valence-electron chi connectivity index (χ1n) is 8.25. The normalized spacial score (nSPS) is 11.6. The summed E-state index contributed by atoms with van der Waals surface area (Å²) in [5.41, 5.74) is 2.06. The Labute approximate surface area is 159 Å². The highest BCUT2D eigenvalue weighted by Crippen LogP contribution is 2.20. The van der Waals surface area contributed by atoms with Crippen molar-refractivity contribution in [3.63, 3.8) is 0 Å². The number of carbonyl (C=O) groups excluding carboxylic acids is 1. The van der Waals surface area contributed by atoms with Gasteiger partial charge in [-0.25, -0.2) is 22.8 Å². The number of aryl methyl sites for hydroxylation is 1. The maximum atomic E-state index is 12.4. The lowest BCUT2D eigenvalue weighted by Crippen LogP contribution is -2.35. The van der Waals surface area contributed by atoms with E-state index in [0.717, 1.165) is 16.0 Å². The second-order valence-electron chi connectivity index (χ2n) is 5.70. The molecule has 142 valence electrons. The van der Waals surface area contributed by atoms with E-state index in [1.54, 1.807) is 24.3 Å². The number of hydrogen-bond acceptors (Lipinski definition) is 6. The van der Waals surface area contributed by atoms with Crippen LogP contribution in [0, 0.1) is 0 Å². The summed E-state index contributed by atoms with van der Waals surface area (Å²) in [4.78, 5) is 30.4. The average Bonchev–Trinajstić information content (AvgIpc) is 3.09. The van der Waals surface area contributed by atoms with Gasteiger partial charge in [-0.1, -0.05) is 25.1 Å². The lowest BCUT2D eigenvalue weighted by molar-refractivity contribution is -0.117. The van der Waals surface area contributed by atoms with Gasteiger partial charge in [-0.2, -0.15) is 0 Å². The number of sulfonamides is 1. The number of hydrogen-bond donors (Lipinski definition) is 2. The molecular weight excluding hydrogens is 388 g/mol. The molecule has 0 bridgehead atoms. The Balaban J connectivity index is 1.62. The summed E-state index contributed by atoms with van der Waals surface area (Å²) < 4.78 is 27.6. The summed E-state index contributed by atoms with van der Waals surface area (Å²) in [6.45, 7) is 1.90. The monoisotopic (exact) mass is 406 g/mol. The molecule has 1 amide bonds. The molecule has 27 heavy (non-hydrogen) atoms. The van der Waals surface area contributed by atoms with Gasteiger partial charge in [0.15, 0.2) is 0 Å². The number of fused-ring (bicyclic) bond motifs is 1. The zero-order valence-electron chi connectivity index (χ0n) is 14.5. The van der Waals surface area contributed by atoms with Crippen LogP contribution in [0.25, 0.3) is 10.2 Å². The van der Waals surface area contributed by atoms with E-state index in [2.05, 4.69) is 15.1 Å². The first-order chi connectivity index (χ1) is 12.9. The van der Waals surface area contributed by atoms with E-state index in [0.29, 0.717) is 10.2 Å². The molecule has 0 saturated carbocycles. The van der Waals surface area contributed by atoms with Crippen molar-refractivity contribution >= 4 is 37.5 Å². The molecule has 0 spiro atoms. The van der Waals surface area contributed by atoms with Crippen molar-refractivity contribution in [2.45, 2.75) is 24.7 Å². The third kappa shape index (κ3) is 4.41. The van der Waals surface area contributed by atoms with Crippen LogP contribution in [0.4, 0.5) is 0 Å². The highest BCUT2D eigenvalue weighted by Gasteiger charge is 2.14. The number of carbonyl (C=O) groups is 1. The van der Waals surface area contributed by atoms with E-state index in [1.807, 2.05) is 6.92 Å². The Morgan fingerprint density at radius 2 is 2.00 bits per heavy atom. The second-order valence-corrected chi connectivity index (χ2v) is 8.58. The third-order valence-electron chi connectivity index (χ3n) is 3.79. The summed E-state index contributed by atoms with van der Waals surface area (Å²) >= 11 is 1.44. The Kier molecular flexibility index (Phi) is 5.68. The standard InChI is InChI=1S/C17H18N4O4S2/c1-2-12-10-14-16(26-12)18-11-21(17(14)23)20-15(22)8-9-19-27(24,25)13-6-4-3-5-7-13/h3-7,10-11,19H,2,8-9H2,1H3,(H,20,22). The van der Waals surface area contributed by atoms with E-state index in [-0.39, 0.29) is 23.4 Å². The molecule has 0 aliphatic rings. The Morgan fingerprint density at radius 1 is 1.26 bits per heavy atom. The number of nitrogens with zero attached hydrogens (tertiary/aromatic N) is 2. The van der Waals surface area contributed by atoms with Crippen LogP contribution in [0.3, 0.4) is 0 Å². The zero-order valence-corrected chi connectivity index (χ0v) is 16.1. The molecule has 1 aromatic carbocycles. The number of aromatic nitrogens is 2. The Hall–Kier alpha value is -2.56. The molecule has 0 aliphatic heterocycles. The molecule has 3 rings (SSSR count). The van der Waals surface area contributed by atoms with E-state index < -0.39 is 15.9 Å². The topological polar surface area (TPSA) is 110 Å². The predicted octanol–water partition coefficient (Wildman–Crippen LogP) is 1.46. The number of amides is 1. The molecule has 2 aromatic heterocycles. The first kappa shape index (κ1) is 19.2. The van der Waals surface area contributed by atoms with Crippen LogP contribution in [0.5, 0.6) is 0 Å². The van der Waals surface area contributed by atoms with Crippen molar-refractivity contribution < 1.29 is 13.2 Å². The van der Waals surface area contributed by atoms with Gasteiger partial charge in [0, 0.05) is 17.8 Å². The van der Waals surface area contributed by atoms with Crippen molar-refractivity contribution in [1.29, 1.82) is 0 Å². The largest absolute Gasteiger partial charge is 0.280 e. The first-order valence-corrected chi connectivity index (χ1v) is 10.6. The van der Waals surface area contributed by atoms with Crippen LogP contribution in [-0.4, -0.2) is 30.5 Å². The van der Waals surface area contributed by atoms with Crippen molar-refractivity contribution in [2.75, 3.05) is 12.0 Å². The molecule has 0 saturated heterocycles. The molecule has 2 heterocycles. The second kappa shape index (κ2) is 7.99. The van der Waals surface area contributed by atoms with Gasteiger partial charge in [0.1, 0.15) is 11.2 Å². The quantitative estimate of drug-likeness (QED) is 0.617. The molecular formula is C17H18N4O4S2. The predicted molar refractivity (Wildman–Crippen MR) is 104 cm³/mol. The lowest BCUT2D eigenvalue weighted by atomic mass is 10.3. The lowest BCUT2D eigenvalue weighted by Gasteiger charge is -2.09. The number of rotatable bonds is 7. The fourth-order valence-corrected chi connectivity index (χ4v) is 4.38. The summed E-state index contributed by atoms with van der Waals surface area (Å²) in [6, 6.07) is 9.65. The molecule has 0 aliphatic carbocycles. The van der Waals surface area contributed by atoms with Crippen LogP contribution in [0.15, 0.2) is 52.4 Å². The van der Waals surface area contributed by atoms with Gasteiger partial charge in [0.2, 0.25) is 15.9 Å². The Morgan fingerprint density at radius 3 is 2.70 bits per heavy atom. The maximum Gasteiger partial charge on any atom is 0.280 e. The van der Waals surface area contributed by atoms with Crippen molar-refractivity contribution in [2.24, 2.45) is 0 Å². The molecule has 2 N–H and O–H groups in total. The van der Waals surface area contributed by atoms with Crippen LogP contribution >= 0.6 is 11.3 Å². The summed E-state index contributed by atoms with van der Waals surface area (Å²) in [7, 11) is -3.68. The van der Waals surface area contributed by atoms with Crippen molar-refractivity contribution in [1.82, 2.24) is 14.4 Å². The third-order valence-corrected chi connectivity index (χ3v) is 6.46. The van der Waals surface area contributed by atoms with E-state index >= 15 is 0 Å². The van der Waals surface area contributed by atoms with E-state index in [4.69, 9.17) is 0 Å². The van der Waals surface area contributed by atoms with Crippen LogP contribution < -0.4 is 15.7 Å². The fourth-order valence-electron chi connectivity index (χ4n) is 2.40. The van der Waals surface area contributed by atoms with Crippen molar-refractivity contribution in [3.05, 3.63) is 58.0 Å². The summed E-state index contributed by atoms with van der Waals surface area (Å²) in [5.74, 6) is -0.500. The minimum absolute atomic E-state index is 0.0914. The van der Waals surface area contributed by atoms with Crippen LogP contribution in [0.1, 0.15) is 18.2 Å². The van der Waals surface area contributed by atoms with E-state index in [1.165, 1.54) is 29.8 Å². The van der Waals surface area contributed by atoms with E-state index in [9.17, 15) is 18.0 Å². The van der Waals surface area contributed by atoms with Crippen LogP contribution in [0.2, 0.25) is 0 Å². The fraction of sp³-hybridized carbons (Fsp3) is 0.235. The molecule has 10 heteroatoms. The highest BCUT2D eigenvalue weighted by molar-refractivity contribution is 7.89. The van der Waals surface area contributed by atoms with Gasteiger partial charge in [-0.15, -0.1) is 11.3 Å². The number of thiophene rings is 1. The molecule has 3 aromatic rings. The SMILES string of the molecule is CCc1cc2c(=O)n(NC(=O)CCNS(=O)(=O)c3ccccc3)cnc2s1.